The van der Waals surface area contributed by atoms with Crippen molar-refractivity contribution >= 4 is 18.4 Å². The molecule has 0 aromatic heterocycles. The lowest BCUT2D eigenvalue weighted by molar-refractivity contribution is -0.128. The molecule has 0 saturated heterocycles. The Morgan fingerprint density at radius 2 is 1.50 bits per heavy atom. The molecule has 1 atom stereocenters. The fraction of sp³-hybridized carbons (Fsp3) is 0.650. The third-order valence-corrected chi connectivity index (χ3v) is 7.67. The predicted molar refractivity (Wildman–Crippen MR) is 105 cm³/mol. The van der Waals surface area contributed by atoms with Crippen LogP contribution in [-0.2, 0) is 9.36 Å². The van der Waals surface area contributed by atoms with Gasteiger partial charge in [0.05, 0.1) is 6.16 Å². The summed E-state index contributed by atoms with van der Waals surface area (Å²) in [6.45, 7) is 7.52. The summed E-state index contributed by atoms with van der Waals surface area (Å²) in [5.41, 5.74) is 0. The molecule has 1 rings (SSSR count). The van der Waals surface area contributed by atoms with E-state index in [1.54, 1.807) is 4.90 Å². The van der Waals surface area contributed by atoms with Gasteiger partial charge in [0, 0.05) is 24.6 Å². The number of rotatable bonds is 12. The van der Waals surface area contributed by atoms with E-state index < -0.39 is 7.14 Å². The molecule has 24 heavy (non-hydrogen) atoms. The molecule has 0 heterocycles. The maximum absolute atomic E-state index is 13.6. The molecule has 0 aliphatic heterocycles. The number of carbonyl (C=O) groups is 1. The van der Waals surface area contributed by atoms with Crippen LogP contribution in [0.5, 0.6) is 0 Å². The quantitative estimate of drug-likeness (QED) is 0.396. The molecule has 0 aliphatic carbocycles. The maximum atomic E-state index is 13.6. The van der Waals surface area contributed by atoms with Gasteiger partial charge in [-0.3, -0.25) is 4.79 Å². The van der Waals surface area contributed by atoms with Crippen molar-refractivity contribution in [2.24, 2.45) is 0 Å². The Kier molecular flexibility index (Phi) is 10.0. The van der Waals surface area contributed by atoms with Crippen molar-refractivity contribution in [1.82, 2.24) is 4.90 Å². The number of unbranched alkanes of at least 4 members (excludes halogenated alkanes) is 5. The van der Waals surface area contributed by atoms with Crippen LogP contribution in [0.2, 0.25) is 0 Å². The van der Waals surface area contributed by atoms with Crippen LogP contribution < -0.4 is 5.30 Å². The molecule has 4 heteroatoms. The number of amides is 1. The van der Waals surface area contributed by atoms with E-state index in [2.05, 4.69) is 6.92 Å². The van der Waals surface area contributed by atoms with Crippen LogP contribution in [0.4, 0.5) is 0 Å². The Morgan fingerprint density at radius 1 is 0.917 bits per heavy atom. The van der Waals surface area contributed by atoms with E-state index in [1.165, 1.54) is 25.7 Å². The minimum atomic E-state index is -2.65. The van der Waals surface area contributed by atoms with E-state index in [1.807, 2.05) is 44.2 Å². The van der Waals surface area contributed by atoms with Gasteiger partial charge in [-0.05, 0) is 20.3 Å². The minimum Gasteiger partial charge on any atom is -0.343 e. The van der Waals surface area contributed by atoms with Crippen molar-refractivity contribution in [3.05, 3.63) is 30.3 Å². The highest BCUT2D eigenvalue weighted by molar-refractivity contribution is 7.72. The predicted octanol–water partition coefficient (Wildman–Crippen LogP) is 4.90. The zero-order valence-electron chi connectivity index (χ0n) is 15.7. The topological polar surface area (TPSA) is 37.4 Å². The van der Waals surface area contributed by atoms with Crippen molar-refractivity contribution in [2.75, 3.05) is 25.4 Å². The van der Waals surface area contributed by atoms with Gasteiger partial charge in [-0.2, -0.15) is 0 Å². The van der Waals surface area contributed by atoms with Gasteiger partial charge in [-0.1, -0.05) is 69.4 Å². The summed E-state index contributed by atoms with van der Waals surface area (Å²) < 4.78 is 13.6. The number of hydrogen-bond donors (Lipinski definition) is 0. The third kappa shape index (κ3) is 6.81. The lowest BCUT2D eigenvalue weighted by atomic mass is 10.1. The van der Waals surface area contributed by atoms with E-state index in [4.69, 9.17) is 0 Å². The van der Waals surface area contributed by atoms with Crippen LogP contribution in [0, 0.1) is 0 Å². The first kappa shape index (κ1) is 21.0. The van der Waals surface area contributed by atoms with Crippen molar-refractivity contribution in [3.63, 3.8) is 0 Å². The van der Waals surface area contributed by atoms with Crippen LogP contribution in [0.3, 0.4) is 0 Å². The maximum Gasteiger partial charge on any atom is 0.230 e. The van der Waals surface area contributed by atoms with Gasteiger partial charge < -0.3 is 9.46 Å². The summed E-state index contributed by atoms with van der Waals surface area (Å²) in [6.07, 6.45) is 7.84. The van der Waals surface area contributed by atoms with Crippen molar-refractivity contribution in [1.29, 1.82) is 0 Å². The number of carbonyl (C=O) groups excluding carboxylic acids is 1. The molecule has 0 radical (unpaired) electrons. The second-order valence-corrected chi connectivity index (χ2v) is 9.50. The summed E-state index contributed by atoms with van der Waals surface area (Å²) in [5, 5.41) is 0.860. The largest absolute Gasteiger partial charge is 0.343 e. The second kappa shape index (κ2) is 11.5. The summed E-state index contributed by atoms with van der Waals surface area (Å²) in [7, 11) is -2.65. The number of benzene rings is 1. The summed E-state index contributed by atoms with van der Waals surface area (Å²) in [5.74, 6) is 0.0261. The first-order valence-electron chi connectivity index (χ1n) is 9.48. The summed E-state index contributed by atoms with van der Waals surface area (Å²) >= 11 is 0. The van der Waals surface area contributed by atoms with Gasteiger partial charge >= 0.3 is 0 Å². The van der Waals surface area contributed by atoms with Crippen LogP contribution in [0.1, 0.15) is 59.3 Å². The lowest BCUT2D eigenvalue weighted by Gasteiger charge is -2.24. The zero-order valence-corrected chi connectivity index (χ0v) is 16.6. The van der Waals surface area contributed by atoms with Crippen molar-refractivity contribution < 1.29 is 9.36 Å². The first-order valence-corrected chi connectivity index (χ1v) is 11.6. The van der Waals surface area contributed by atoms with Gasteiger partial charge in [0.1, 0.15) is 7.14 Å². The molecule has 0 saturated carbocycles. The fourth-order valence-electron chi connectivity index (χ4n) is 3.04. The van der Waals surface area contributed by atoms with E-state index >= 15 is 0 Å². The highest BCUT2D eigenvalue weighted by Crippen LogP contribution is 2.45. The second-order valence-electron chi connectivity index (χ2n) is 6.44. The highest BCUT2D eigenvalue weighted by atomic mass is 31.2. The monoisotopic (exact) mass is 351 g/mol. The van der Waals surface area contributed by atoms with Gasteiger partial charge in [-0.15, -0.1) is 0 Å². The van der Waals surface area contributed by atoms with E-state index in [0.717, 1.165) is 18.1 Å². The van der Waals surface area contributed by atoms with Gasteiger partial charge in [-0.25, -0.2) is 0 Å². The van der Waals surface area contributed by atoms with Gasteiger partial charge in [0.2, 0.25) is 5.91 Å². The average Bonchev–Trinajstić information content (AvgIpc) is 2.60. The normalized spacial score (nSPS) is 13.5. The molecule has 136 valence electrons. The van der Waals surface area contributed by atoms with Crippen LogP contribution in [0.15, 0.2) is 30.3 Å². The average molecular weight is 351 g/mol. The molecular formula is C20H34NO2P. The smallest absolute Gasteiger partial charge is 0.230 e. The molecule has 0 aliphatic rings. The SMILES string of the molecule is CCCCCCCCP(=O)(CC(=O)N(CC)CC)c1ccccc1. The molecule has 1 unspecified atom stereocenters. The minimum absolute atomic E-state index is 0.0261. The molecular weight excluding hydrogens is 317 g/mol. The Morgan fingerprint density at radius 3 is 2.08 bits per heavy atom. The molecule has 3 nitrogen and oxygen atoms in total. The Balaban J connectivity index is 2.74. The van der Waals surface area contributed by atoms with Crippen LogP contribution in [0.25, 0.3) is 0 Å². The van der Waals surface area contributed by atoms with E-state index in [0.29, 0.717) is 19.3 Å². The Bertz CT molecular complexity index is 512. The van der Waals surface area contributed by atoms with Gasteiger partial charge in [0.15, 0.2) is 0 Å². The molecule has 1 aromatic rings. The van der Waals surface area contributed by atoms with E-state index in [-0.39, 0.29) is 12.1 Å². The standard InChI is InChI=1S/C20H34NO2P/c1-4-7-8-9-10-14-17-24(23,19-15-12-11-13-16-19)18-20(22)21(5-2)6-3/h11-13,15-16H,4-10,14,17-18H2,1-3H3. The van der Waals surface area contributed by atoms with Crippen molar-refractivity contribution in [3.8, 4) is 0 Å². The molecule has 0 N–H and O–H groups in total. The number of nitrogens with zero attached hydrogens (tertiary/aromatic N) is 1. The zero-order chi connectivity index (χ0) is 17.8. The van der Waals surface area contributed by atoms with Crippen molar-refractivity contribution in [2.45, 2.75) is 59.3 Å². The number of hydrogen-bond acceptors (Lipinski definition) is 2. The van der Waals surface area contributed by atoms with Gasteiger partial charge in [0.25, 0.3) is 0 Å². The molecule has 0 spiro atoms. The van der Waals surface area contributed by atoms with Crippen LogP contribution >= 0.6 is 7.14 Å². The highest BCUT2D eigenvalue weighted by Gasteiger charge is 2.29. The fourth-order valence-corrected chi connectivity index (χ4v) is 5.73. The molecule has 0 fully saturated rings. The molecule has 0 bridgehead atoms. The van der Waals surface area contributed by atoms with Crippen LogP contribution in [-0.4, -0.2) is 36.2 Å². The molecule has 1 aromatic carbocycles. The lowest BCUT2D eigenvalue weighted by Crippen LogP contribution is -2.34. The summed E-state index contributed by atoms with van der Waals surface area (Å²) in [4.78, 5) is 14.3. The summed E-state index contributed by atoms with van der Waals surface area (Å²) in [6, 6.07) is 9.63. The Hall–Kier alpha value is -1.08. The van der Waals surface area contributed by atoms with E-state index in [9.17, 15) is 9.36 Å². The Labute approximate surface area is 148 Å². The first-order chi connectivity index (χ1) is 11.6. The third-order valence-electron chi connectivity index (χ3n) is 4.61. The molecule has 1 amide bonds.